The van der Waals surface area contributed by atoms with Crippen molar-refractivity contribution in [2.45, 2.75) is 44.9 Å². The van der Waals surface area contributed by atoms with E-state index in [4.69, 9.17) is 9.40 Å². The van der Waals surface area contributed by atoms with Crippen molar-refractivity contribution < 1.29 is 4.42 Å². The molecule has 1 N–H and O–H groups in total. The summed E-state index contributed by atoms with van der Waals surface area (Å²) in [4.78, 5) is 4.78. The van der Waals surface area contributed by atoms with E-state index in [1.54, 1.807) is 0 Å². The highest BCUT2D eigenvalue weighted by molar-refractivity contribution is 5.73. The molecule has 3 nitrogen and oxygen atoms in total. The molecule has 1 unspecified atom stereocenters. The zero-order valence-corrected chi connectivity index (χ0v) is 11.8. The van der Waals surface area contributed by atoms with Crippen LogP contribution in [-0.4, -0.2) is 18.1 Å². The van der Waals surface area contributed by atoms with Crippen LogP contribution in [0.3, 0.4) is 0 Å². The van der Waals surface area contributed by atoms with Gasteiger partial charge in [-0.2, -0.15) is 0 Å². The lowest BCUT2D eigenvalue weighted by Crippen LogP contribution is -2.43. The van der Waals surface area contributed by atoms with Gasteiger partial charge in [0.1, 0.15) is 5.52 Å². The zero-order chi connectivity index (χ0) is 13.3. The maximum atomic E-state index is 6.05. The van der Waals surface area contributed by atoms with Crippen LogP contribution in [0.4, 0.5) is 0 Å². The lowest BCUT2D eigenvalue weighted by molar-refractivity contribution is 0.249. The van der Waals surface area contributed by atoms with Crippen molar-refractivity contribution in [1.82, 2.24) is 10.3 Å². The first kappa shape index (κ1) is 12.7. The third kappa shape index (κ3) is 2.16. The Morgan fingerprint density at radius 3 is 2.95 bits per heavy atom. The minimum Gasteiger partial charge on any atom is -0.440 e. The fourth-order valence-electron chi connectivity index (χ4n) is 3.02. The van der Waals surface area contributed by atoms with E-state index in [9.17, 15) is 0 Å². The number of nitrogens with zero attached hydrogens (tertiary/aromatic N) is 1. The number of hydrogen-bond donors (Lipinski definition) is 1. The summed E-state index contributed by atoms with van der Waals surface area (Å²) < 4.78 is 6.05. The first-order valence-corrected chi connectivity index (χ1v) is 7.38. The highest BCUT2D eigenvalue weighted by Gasteiger charge is 2.36. The molecule has 3 heteroatoms. The Kier molecular flexibility index (Phi) is 3.31. The summed E-state index contributed by atoms with van der Waals surface area (Å²) in [6.45, 7) is 6.50. The van der Waals surface area contributed by atoms with Gasteiger partial charge in [0, 0.05) is 6.54 Å². The first-order chi connectivity index (χ1) is 9.27. The Morgan fingerprint density at radius 2 is 2.26 bits per heavy atom. The van der Waals surface area contributed by atoms with Gasteiger partial charge < -0.3 is 9.73 Å². The number of fused-ring (bicyclic) bond motifs is 1. The molecule has 0 saturated carbocycles. The molecule has 2 heterocycles. The topological polar surface area (TPSA) is 38.1 Å². The minimum atomic E-state index is 0.0870. The molecular weight excluding hydrogens is 236 g/mol. The number of aryl methyl sites for hydroxylation is 1. The van der Waals surface area contributed by atoms with Gasteiger partial charge in [-0.05, 0) is 49.9 Å². The van der Waals surface area contributed by atoms with Gasteiger partial charge in [0.2, 0.25) is 5.89 Å². The molecule has 102 valence electrons. The Morgan fingerprint density at radius 1 is 1.37 bits per heavy atom. The zero-order valence-electron chi connectivity index (χ0n) is 11.8. The van der Waals surface area contributed by atoms with Crippen LogP contribution < -0.4 is 5.32 Å². The summed E-state index contributed by atoms with van der Waals surface area (Å²) in [5.41, 5.74) is 3.34. The number of aromatic nitrogens is 1. The van der Waals surface area contributed by atoms with Gasteiger partial charge >= 0.3 is 0 Å². The van der Waals surface area contributed by atoms with E-state index in [2.05, 4.69) is 37.4 Å². The second-order valence-electron chi connectivity index (χ2n) is 5.59. The number of hydrogen-bond acceptors (Lipinski definition) is 3. The summed E-state index contributed by atoms with van der Waals surface area (Å²) >= 11 is 0. The summed E-state index contributed by atoms with van der Waals surface area (Å²) in [6.07, 6.45) is 4.49. The van der Waals surface area contributed by atoms with Crippen molar-refractivity contribution in [2.24, 2.45) is 0 Å². The fourth-order valence-corrected chi connectivity index (χ4v) is 3.02. The van der Waals surface area contributed by atoms with Crippen LogP contribution in [0.5, 0.6) is 0 Å². The molecule has 2 aromatic rings. The molecule has 1 atom stereocenters. The van der Waals surface area contributed by atoms with Crippen molar-refractivity contribution >= 4 is 11.1 Å². The Labute approximate surface area is 114 Å². The minimum absolute atomic E-state index is 0.0870. The molecule has 0 amide bonds. The standard InChI is InChI=1S/C16H22N2O/c1-3-12-6-7-14-13(10-12)18-15(19-14)16(4-2)8-5-9-17-11-16/h6-7,10,17H,3-5,8-9,11H2,1-2H3. The molecule has 1 saturated heterocycles. The van der Waals surface area contributed by atoms with Crippen molar-refractivity contribution in [1.29, 1.82) is 0 Å². The average molecular weight is 258 g/mol. The number of oxazole rings is 1. The normalized spacial score (nSPS) is 23.9. The first-order valence-electron chi connectivity index (χ1n) is 7.38. The number of benzene rings is 1. The molecule has 0 aliphatic carbocycles. The van der Waals surface area contributed by atoms with Crippen LogP contribution in [0, 0.1) is 0 Å². The van der Waals surface area contributed by atoms with Crippen LogP contribution in [0.1, 0.15) is 44.6 Å². The van der Waals surface area contributed by atoms with Gasteiger partial charge in [0.15, 0.2) is 5.58 Å². The summed E-state index contributed by atoms with van der Waals surface area (Å²) in [5, 5.41) is 3.49. The third-order valence-electron chi connectivity index (χ3n) is 4.46. The van der Waals surface area contributed by atoms with Crippen molar-refractivity contribution in [3.8, 4) is 0 Å². The monoisotopic (exact) mass is 258 g/mol. The van der Waals surface area contributed by atoms with Crippen molar-refractivity contribution in [3.63, 3.8) is 0 Å². The molecular formula is C16H22N2O. The highest BCUT2D eigenvalue weighted by atomic mass is 16.3. The maximum absolute atomic E-state index is 6.05. The predicted molar refractivity (Wildman–Crippen MR) is 77.5 cm³/mol. The molecule has 1 aromatic heterocycles. The Bertz CT molecular complexity index is 567. The number of rotatable bonds is 3. The van der Waals surface area contributed by atoms with E-state index in [1.807, 2.05) is 0 Å². The molecule has 0 radical (unpaired) electrons. The van der Waals surface area contributed by atoms with Gasteiger partial charge in [-0.3, -0.25) is 0 Å². The largest absolute Gasteiger partial charge is 0.440 e. The summed E-state index contributed by atoms with van der Waals surface area (Å²) in [6, 6.07) is 6.35. The highest BCUT2D eigenvalue weighted by Crippen LogP contribution is 2.35. The van der Waals surface area contributed by atoms with Gasteiger partial charge in [-0.15, -0.1) is 0 Å². The fraction of sp³-hybridized carbons (Fsp3) is 0.562. The molecule has 1 aliphatic heterocycles. The van der Waals surface area contributed by atoms with Crippen molar-refractivity contribution in [2.75, 3.05) is 13.1 Å². The van der Waals surface area contributed by atoms with Gasteiger partial charge in [-0.25, -0.2) is 4.98 Å². The van der Waals surface area contributed by atoms with Crippen LogP contribution >= 0.6 is 0 Å². The molecule has 0 bridgehead atoms. The summed E-state index contributed by atoms with van der Waals surface area (Å²) in [5.74, 6) is 0.922. The second-order valence-corrected chi connectivity index (χ2v) is 5.59. The number of nitrogens with one attached hydrogen (secondary N) is 1. The average Bonchev–Trinajstić information content (AvgIpc) is 2.91. The lowest BCUT2D eigenvalue weighted by atomic mass is 9.78. The van der Waals surface area contributed by atoms with Crippen LogP contribution in [0.25, 0.3) is 11.1 Å². The molecule has 3 rings (SSSR count). The van der Waals surface area contributed by atoms with E-state index >= 15 is 0 Å². The Hall–Kier alpha value is -1.35. The van der Waals surface area contributed by atoms with E-state index < -0.39 is 0 Å². The predicted octanol–water partition coefficient (Wildman–Crippen LogP) is 3.42. The smallest absolute Gasteiger partial charge is 0.202 e. The second kappa shape index (κ2) is 4.97. The number of piperidine rings is 1. The van der Waals surface area contributed by atoms with Gasteiger partial charge in [0.25, 0.3) is 0 Å². The van der Waals surface area contributed by atoms with E-state index in [-0.39, 0.29) is 5.41 Å². The molecule has 1 aromatic carbocycles. The SMILES string of the molecule is CCc1ccc2oc(C3(CC)CCCNC3)nc2c1. The Balaban J connectivity index is 2.03. The lowest BCUT2D eigenvalue weighted by Gasteiger charge is -2.33. The van der Waals surface area contributed by atoms with E-state index in [0.29, 0.717) is 0 Å². The van der Waals surface area contributed by atoms with E-state index in [0.717, 1.165) is 42.9 Å². The molecule has 19 heavy (non-hydrogen) atoms. The van der Waals surface area contributed by atoms with Gasteiger partial charge in [-0.1, -0.05) is 19.9 Å². The van der Waals surface area contributed by atoms with Crippen LogP contribution in [0.15, 0.2) is 22.6 Å². The molecule has 0 spiro atoms. The quantitative estimate of drug-likeness (QED) is 0.916. The molecule has 1 fully saturated rings. The van der Waals surface area contributed by atoms with E-state index in [1.165, 1.54) is 18.4 Å². The van der Waals surface area contributed by atoms with Crippen LogP contribution in [-0.2, 0) is 11.8 Å². The third-order valence-corrected chi connectivity index (χ3v) is 4.46. The van der Waals surface area contributed by atoms with Crippen LogP contribution in [0.2, 0.25) is 0 Å². The van der Waals surface area contributed by atoms with Crippen molar-refractivity contribution in [3.05, 3.63) is 29.7 Å². The summed E-state index contributed by atoms with van der Waals surface area (Å²) in [7, 11) is 0. The molecule has 1 aliphatic rings. The maximum Gasteiger partial charge on any atom is 0.202 e. The van der Waals surface area contributed by atoms with Gasteiger partial charge in [0.05, 0.1) is 5.41 Å².